The van der Waals surface area contributed by atoms with Gasteiger partial charge < -0.3 is 0 Å². The molecule has 0 saturated carbocycles. The van der Waals surface area contributed by atoms with Crippen LogP contribution in [0.4, 0.5) is 13.2 Å². The molecule has 0 fully saturated rings. The molecule has 0 heterocycles. The Labute approximate surface area is 123 Å². The van der Waals surface area contributed by atoms with Crippen LogP contribution >= 0.6 is 23.5 Å². The van der Waals surface area contributed by atoms with E-state index in [1.807, 2.05) is 0 Å². The van der Waals surface area contributed by atoms with Gasteiger partial charge in [0, 0.05) is 27.4 Å². The zero-order valence-electron chi connectivity index (χ0n) is 10.1. The first kappa shape index (κ1) is 14.9. The molecular formula is C14H9ClF3NS. The second-order valence-corrected chi connectivity index (χ2v) is 5.12. The fourth-order valence-electron chi connectivity index (χ4n) is 1.46. The molecule has 0 aliphatic heterocycles. The predicted octanol–water partition coefficient (Wildman–Crippen LogP) is 5.40. The first-order valence-electron chi connectivity index (χ1n) is 5.60. The highest BCUT2D eigenvalue weighted by Crippen LogP contribution is 2.28. The zero-order chi connectivity index (χ0) is 14.6. The van der Waals surface area contributed by atoms with Crippen LogP contribution in [0.15, 0.2) is 63.9 Å². The highest BCUT2D eigenvalue weighted by atomic mass is 35.5. The van der Waals surface area contributed by atoms with Crippen LogP contribution in [0.5, 0.6) is 0 Å². The Kier molecular flexibility index (Phi) is 4.73. The summed E-state index contributed by atoms with van der Waals surface area (Å²) in [6.45, 7) is 0. The Bertz CT molecular complexity index is 594. The van der Waals surface area contributed by atoms with Crippen LogP contribution in [0, 0.1) is 0 Å². The van der Waals surface area contributed by atoms with E-state index in [1.165, 1.54) is 12.1 Å². The van der Waals surface area contributed by atoms with Crippen molar-refractivity contribution in [3.63, 3.8) is 0 Å². The molecule has 0 aliphatic carbocycles. The Hall–Kier alpha value is -1.46. The lowest BCUT2D eigenvalue weighted by Crippen LogP contribution is -2.23. The Morgan fingerprint density at radius 3 is 2.10 bits per heavy atom. The minimum atomic E-state index is -4.50. The summed E-state index contributed by atoms with van der Waals surface area (Å²) in [5.41, 5.74) is -0.862. The number of alkyl halides is 3. The van der Waals surface area contributed by atoms with Gasteiger partial charge in [0.2, 0.25) is 0 Å². The molecule has 0 aliphatic rings. The van der Waals surface area contributed by atoms with E-state index in [4.69, 9.17) is 11.6 Å². The van der Waals surface area contributed by atoms with Crippen molar-refractivity contribution in [1.29, 1.82) is 0 Å². The van der Waals surface area contributed by atoms with Gasteiger partial charge in [-0.3, -0.25) is 0 Å². The maximum Gasteiger partial charge on any atom is 0.434 e. The van der Waals surface area contributed by atoms with Gasteiger partial charge in [0.05, 0.1) is 0 Å². The fraction of sp³-hybridized carbons (Fsp3) is 0.0714. The van der Waals surface area contributed by atoms with Gasteiger partial charge in [-0.25, -0.2) is 4.40 Å². The fourth-order valence-corrected chi connectivity index (χ4v) is 2.25. The lowest BCUT2D eigenvalue weighted by Gasteiger charge is -2.10. The number of halogens is 4. The lowest BCUT2D eigenvalue weighted by atomic mass is 10.1. The Balaban J connectivity index is 2.28. The molecular weight excluding hydrogens is 307 g/mol. The number of hydrogen-bond donors (Lipinski definition) is 0. The number of hydrogen-bond acceptors (Lipinski definition) is 2. The van der Waals surface area contributed by atoms with E-state index in [9.17, 15) is 13.2 Å². The van der Waals surface area contributed by atoms with Gasteiger partial charge in [-0.1, -0.05) is 41.9 Å². The standard InChI is InChI=1S/C14H9ClF3NS/c15-11-6-8-12(9-7-11)20-19-13(14(16,17)18)10-4-2-1-3-5-10/h1-9H/b19-13-. The molecule has 104 valence electrons. The summed E-state index contributed by atoms with van der Waals surface area (Å²) in [7, 11) is 0. The van der Waals surface area contributed by atoms with Crippen LogP contribution in [0.25, 0.3) is 0 Å². The van der Waals surface area contributed by atoms with E-state index >= 15 is 0 Å². The van der Waals surface area contributed by atoms with Gasteiger partial charge in [0.15, 0.2) is 5.71 Å². The predicted molar refractivity (Wildman–Crippen MR) is 76.3 cm³/mol. The minimum absolute atomic E-state index is 0.0430. The highest BCUT2D eigenvalue weighted by Gasteiger charge is 2.36. The summed E-state index contributed by atoms with van der Waals surface area (Å²) in [6.07, 6.45) is -4.50. The summed E-state index contributed by atoms with van der Waals surface area (Å²) < 4.78 is 42.7. The first-order chi connectivity index (χ1) is 9.47. The number of rotatable bonds is 3. The molecule has 0 atom stereocenters. The molecule has 0 unspecified atom stereocenters. The molecule has 0 amide bonds. The maximum absolute atomic E-state index is 13.0. The van der Waals surface area contributed by atoms with Crippen LogP contribution in [0.2, 0.25) is 5.02 Å². The summed E-state index contributed by atoms with van der Waals surface area (Å²) in [5, 5.41) is 0.525. The third-order valence-electron chi connectivity index (χ3n) is 2.37. The van der Waals surface area contributed by atoms with Crippen molar-refractivity contribution in [2.45, 2.75) is 11.1 Å². The van der Waals surface area contributed by atoms with Gasteiger partial charge in [-0.15, -0.1) is 0 Å². The normalized spacial score (nSPS) is 12.5. The monoisotopic (exact) mass is 315 g/mol. The van der Waals surface area contributed by atoms with E-state index in [-0.39, 0.29) is 5.56 Å². The Morgan fingerprint density at radius 2 is 1.55 bits per heavy atom. The molecule has 0 N–H and O–H groups in total. The first-order valence-corrected chi connectivity index (χ1v) is 6.75. The van der Waals surface area contributed by atoms with Crippen molar-refractivity contribution in [3.8, 4) is 0 Å². The molecule has 2 aromatic rings. The van der Waals surface area contributed by atoms with Crippen molar-refractivity contribution in [2.75, 3.05) is 0 Å². The van der Waals surface area contributed by atoms with Crippen LogP contribution in [0.3, 0.4) is 0 Å². The SMILES string of the molecule is FC(F)(F)/C(=N\Sc1ccc(Cl)cc1)c1ccccc1. The van der Waals surface area contributed by atoms with Gasteiger partial charge in [-0.2, -0.15) is 13.2 Å². The second kappa shape index (κ2) is 6.33. The molecule has 1 nitrogen and oxygen atoms in total. The molecule has 0 spiro atoms. The second-order valence-electron chi connectivity index (χ2n) is 3.85. The lowest BCUT2D eigenvalue weighted by molar-refractivity contribution is -0.0578. The van der Waals surface area contributed by atoms with Crippen molar-refractivity contribution < 1.29 is 13.2 Å². The van der Waals surface area contributed by atoms with Gasteiger partial charge in [0.1, 0.15) is 0 Å². The van der Waals surface area contributed by atoms with Crippen molar-refractivity contribution in [1.82, 2.24) is 0 Å². The smallest absolute Gasteiger partial charge is 0.206 e. The van der Waals surface area contributed by atoms with Gasteiger partial charge in [0.25, 0.3) is 0 Å². The molecule has 0 saturated heterocycles. The summed E-state index contributed by atoms with van der Waals surface area (Å²) in [5.74, 6) is 0. The van der Waals surface area contributed by atoms with E-state index in [0.29, 0.717) is 9.92 Å². The topological polar surface area (TPSA) is 12.4 Å². The van der Waals surface area contributed by atoms with Crippen molar-refractivity contribution >= 4 is 29.3 Å². The van der Waals surface area contributed by atoms with Crippen molar-refractivity contribution in [3.05, 3.63) is 65.2 Å². The minimum Gasteiger partial charge on any atom is -0.206 e. The number of benzene rings is 2. The molecule has 0 aromatic heterocycles. The summed E-state index contributed by atoms with van der Waals surface area (Å²) in [6, 6.07) is 14.0. The van der Waals surface area contributed by atoms with Gasteiger partial charge >= 0.3 is 6.18 Å². The Morgan fingerprint density at radius 1 is 0.950 bits per heavy atom. The molecule has 0 radical (unpaired) electrons. The third kappa shape index (κ3) is 4.02. The quantitative estimate of drug-likeness (QED) is 0.546. The van der Waals surface area contributed by atoms with Crippen LogP contribution in [-0.4, -0.2) is 11.9 Å². The third-order valence-corrected chi connectivity index (χ3v) is 3.38. The van der Waals surface area contributed by atoms with Crippen molar-refractivity contribution in [2.24, 2.45) is 4.40 Å². The van der Waals surface area contributed by atoms with Crippen LogP contribution in [0.1, 0.15) is 5.56 Å². The molecule has 6 heteroatoms. The average Bonchev–Trinajstić information content (AvgIpc) is 2.41. The zero-order valence-corrected chi connectivity index (χ0v) is 11.6. The maximum atomic E-state index is 13.0. The molecule has 20 heavy (non-hydrogen) atoms. The average molecular weight is 316 g/mol. The molecule has 0 bridgehead atoms. The van der Waals surface area contributed by atoms with Gasteiger partial charge in [-0.05, 0) is 24.3 Å². The summed E-state index contributed by atoms with van der Waals surface area (Å²) in [4.78, 5) is 0.590. The van der Waals surface area contributed by atoms with Crippen LogP contribution in [-0.2, 0) is 0 Å². The van der Waals surface area contributed by atoms with E-state index in [2.05, 4.69) is 4.40 Å². The van der Waals surface area contributed by atoms with Crippen LogP contribution < -0.4 is 0 Å². The summed E-state index contributed by atoms with van der Waals surface area (Å²) >= 11 is 6.49. The largest absolute Gasteiger partial charge is 0.434 e. The molecule has 2 aromatic carbocycles. The number of nitrogens with zero attached hydrogens (tertiary/aromatic N) is 1. The highest BCUT2D eigenvalue weighted by molar-refractivity contribution is 7.98. The van der Waals surface area contributed by atoms with E-state index < -0.39 is 11.9 Å². The van der Waals surface area contributed by atoms with E-state index in [0.717, 1.165) is 11.9 Å². The molecule has 2 rings (SSSR count). The van der Waals surface area contributed by atoms with E-state index in [1.54, 1.807) is 42.5 Å².